The van der Waals surface area contributed by atoms with E-state index in [2.05, 4.69) is 31.2 Å². The van der Waals surface area contributed by atoms with Gasteiger partial charge in [0.15, 0.2) is 0 Å². The highest BCUT2D eigenvalue weighted by Crippen LogP contribution is 2.30. The first kappa shape index (κ1) is 15.0. The van der Waals surface area contributed by atoms with Crippen molar-refractivity contribution in [3.05, 3.63) is 10.8 Å². The first-order valence-electron chi connectivity index (χ1n) is 5.37. The summed E-state index contributed by atoms with van der Waals surface area (Å²) in [4.78, 5) is 8.87. The third-order valence-electron chi connectivity index (χ3n) is 2.09. The van der Waals surface area contributed by atoms with Gasteiger partial charge in [-0.25, -0.2) is 9.97 Å². The van der Waals surface area contributed by atoms with Crippen LogP contribution >= 0.6 is 15.9 Å². The van der Waals surface area contributed by atoms with Crippen LogP contribution in [0.3, 0.4) is 0 Å². The van der Waals surface area contributed by atoms with E-state index < -0.39 is 12.7 Å². The van der Waals surface area contributed by atoms with Crippen LogP contribution in [-0.4, -0.2) is 36.3 Å². The lowest BCUT2D eigenvalue weighted by Gasteiger charge is -2.21. The summed E-state index contributed by atoms with van der Waals surface area (Å²) < 4.78 is 37.4. The van der Waals surface area contributed by atoms with Crippen LogP contribution in [0.15, 0.2) is 10.8 Å². The maximum Gasteiger partial charge on any atom is 0.405 e. The lowest BCUT2D eigenvalue weighted by molar-refractivity contribution is -0.119. The molecule has 1 rings (SSSR count). The van der Waals surface area contributed by atoms with Gasteiger partial charge in [-0.2, -0.15) is 13.2 Å². The smallest absolute Gasteiger partial charge is 0.369 e. The molecule has 0 amide bonds. The van der Waals surface area contributed by atoms with E-state index in [4.69, 9.17) is 0 Å². The minimum Gasteiger partial charge on any atom is -0.369 e. The van der Waals surface area contributed by atoms with Crippen LogP contribution in [0.1, 0.15) is 13.3 Å². The third kappa shape index (κ3) is 4.32. The molecule has 0 radical (unpaired) electrons. The lowest BCUT2D eigenvalue weighted by Crippen LogP contribution is -2.31. The Morgan fingerprint density at radius 3 is 2.61 bits per heavy atom. The van der Waals surface area contributed by atoms with Crippen molar-refractivity contribution < 1.29 is 13.2 Å². The number of halogens is 4. The highest BCUT2D eigenvalue weighted by Gasteiger charge is 2.30. The summed E-state index contributed by atoms with van der Waals surface area (Å²) in [6, 6.07) is 0. The Bertz CT molecular complexity index is 397. The molecule has 1 heterocycles. The molecule has 1 aromatic heterocycles. The topological polar surface area (TPSA) is 41.1 Å². The zero-order valence-electron chi connectivity index (χ0n) is 10.1. The van der Waals surface area contributed by atoms with Crippen LogP contribution in [0.25, 0.3) is 0 Å². The Kier molecular flexibility index (Phi) is 5.18. The number of alkyl halides is 3. The van der Waals surface area contributed by atoms with Crippen molar-refractivity contribution in [3.8, 4) is 0 Å². The van der Waals surface area contributed by atoms with Crippen molar-refractivity contribution in [2.75, 3.05) is 30.4 Å². The SMILES string of the molecule is CCCNc1ncnc(N(C)CC(F)(F)F)c1Br. The minimum absolute atomic E-state index is 0.209. The van der Waals surface area contributed by atoms with Crippen molar-refractivity contribution in [3.63, 3.8) is 0 Å². The van der Waals surface area contributed by atoms with Crippen molar-refractivity contribution >= 4 is 27.6 Å². The van der Waals surface area contributed by atoms with Crippen molar-refractivity contribution in [2.24, 2.45) is 0 Å². The van der Waals surface area contributed by atoms with E-state index in [1.54, 1.807) is 0 Å². The molecule has 0 unspecified atom stereocenters. The summed E-state index contributed by atoms with van der Waals surface area (Å²) in [5.41, 5.74) is 0. The van der Waals surface area contributed by atoms with E-state index in [0.717, 1.165) is 11.3 Å². The first-order valence-corrected chi connectivity index (χ1v) is 6.16. The molecule has 0 bridgehead atoms. The average molecular weight is 327 g/mol. The zero-order chi connectivity index (χ0) is 13.8. The van der Waals surface area contributed by atoms with Crippen LogP contribution < -0.4 is 10.2 Å². The van der Waals surface area contributed by atoms with E-state index in [1.807, 2.05) is 6.92 Å². The molecule has 1 N–H and O–H groups in total. The highest BCUT2D eigenvalue weighted by atomic mass is 79.9. The fraction of sp³-hybridized carbons (Fsp3) is 0.600. The monoisotopic (exact) mass is 326 g/mol. The number of rotatable bonds is 5. The second-order valence-corrected chi connectivity index (χ2v) is 4.55. The molecule has 0 spiro atoms. The van der Waals surface area contributed by atoms with Crippen LogP contribution in [0, 0.1) is 0 Å². The van der Waals surface area contributed by atoms with Gasteiger partial charge >= 0.3 is 6.18 Å². The van der Waals surface area contributed by atoms with E-state index in [0.29, 0.717) is 16.8 Å². The molecule has 0 atom stereocenters. The number of hydrogen-bond donors (Lipinski definition) is 1. The standard InChI is InChI=1S/C10H14BrF3N4/c1-3-4-15-8-7(11)9(17-6-16-8)18(2)5-10(12,13)14/h6H,3-5H2,1-2H3,(H,15,16,17). The second kappa shape index (κ2) is 6.21. The molecule has 1 aromatic rings. The Balaban J connectivity index is 2.89. The molecule has 4 nitrogen and oxygen atoms in total. The van der Waals surface area contributed by atoms with Gasteiger partial charge in [-0.05, 0) is 22.4 Å². The van der Waals surface area contributed by atoms with Gasteiger partial charge in [-0.15, -0.1) is 0 Å². The highest BCUT2D eigenvalue weighted by molar-refractivity contribution is 9.10. The second-order valence-electron chi connectivity index (χ2n) is 3.76. The summed E-state index contributed by atoms with van der Waals surface area (Å²) in [6.07, 6.45) is -2.13. The quantitative estimate of drug-likeness (QED) is 0.902. The predicted octanol–water partition coefficient (Wildman–Crippen LogP) is 3.06. The molecule has 0 aliphatic heterocycles. The Morgan fingerprint density at radius 1 is 1.39 bits per heavy atom. The summed E-state index contributed by atoms with van der Waals surface area (Å²) in [7, 11) is 1.34. The van der Waals surface area contributed by atoms with Crippen molar-refractivity contribution in [2.45, 2.75) is 19.5 Å². The molecule has 0 aromatic carbocycles. The van der Waals surface area contributed by atoms with E-state index in [1.165, 1.54) is 13.4 Å². The molecule has 0 aliphatic rings. The molecule has 0 saturated carbocycles. The largest absolute Gasteiger partial charge is 0.405 e. The van der Waals surface area contributed by atoms with E-state index in [-0.39, 0.29) is 5.82 Å². The molecular weight excluding hydrogens is 313 g/mol. The molecule has 8 heteroatoms. The Labute approximate surface area is 112 Å². The van der Waals surface area contributed by atoms with Gasteiger partial charge < -0.3 is 10.2 Å². The molecule has 0 fully saturated rings. The van der Waals surface area contributed by atoms with Crippen molar-refractivity contribution in [1.82, 2.24) is 9.97 Å². The van der Waals surface area contributed by atoms with Crippen LogP contribution in [-0.2, 0) is 0 Å². The first-order chi connectivity index (χ1) is 8.35. The third-order valence-corrected chi connectivity index (χ3v) is 2.82. The van der Waals surface area contributed by atoms with Crippen molar-refractivity contribution in [1.29, 1.82) is 0 Å². The number of nitrogens with one attached hydrogen (secondary N) is 1. The summed E-state index contributed by atoms with van der Waals surface area (Å²) in [6.45, 7) is 1.62. The maximum absolute atomic E-state index is 12.3. The van der Waals surface area contributed by atoms with Gasteiger partial charge in [0.1, 0.15) is 29.0 Å². The fourth-order valence-corrected chi connectivity index (χ4v) is 1.98. The summed E-state index contributed by atoms with van der Waals surface area (Å²) in [5, 5.41) is 3.01. The van der Waals surface area contributed by atoms with Gasteiger partial charge in [0.25, 0.3) is 0 Å². The van der Waals surface area contributed by atoms with Gasteiger partial charge in [-0.1, -0.05) is 6.92 Å². The van der Waals surface area contributed by atoms with Crippen LogP contribution in [0.2, 0.25) is 0 Å². The van der Waals surface area contributed by atoms with Crippen LogP contribution in [0.4, 0.5) is 24.8 Å². The predicted molar refractivity (Wildman–Crippen MR) is 67.8 cm³/mol. The van der Waals surface area contributed by atoms with Gasteiger partial charge in [-0.3, -0.25) is 0 Å². The van der Waals surface area contributed by atoms with Gasteiger partial charge in [0, 0.05) is 13.6 Å². The lowest BCUT2D eigenvalue weighted by atomic mass is 10.4. The maximum atomic E-state index is 12.3. The number of hydrogen-bond acceptors (Lipinski definition) is 4. The number of aromatic nitrogens is 2. The van der Waals surface area contributed by atoms with E-state index >= 15 is 0 Å². The fourth-order valence-electron chi connectivity index (χ4n) is 1.34. The minimum atomic E-state index is -4.27. The molecular formula is C10H14BrF3N4. The average Bonchev–Trinajstić information content (AvgIpc) is 2.25. The normalized spacial score (nSPS) is 11.4. The van der Waals surface area contributed by atoms with Gasteiger partial charge in [0.05, 0.1) is 0 Å². The molecule has 0 saturated heterocycles. The Morgan fingerprint density at radius 2 is 2.06 bits per heavy atom. The summed E-state index contributed by atoms with van der Waals surface area (Å²) >= 11 is 3.22. The zero-order valence-corrected chi connectivity index (χ0v) is 11.6. The van der Waals surface area contributed by atoms with Crippen LogP contribution in [0.5, 0.6) is 0 Å². The Hall–Kier alpha value is -1.05. The number of anilines is 2. The molecule has 0 aliphatic carbocycles. The molecule has 18 heavy (non-hydrogen) atoms. The van der Waals surface area contributed by atoms with E-state index in [9.17, 15) is 13.2 Å². The number of nitrogens with zero attached hydrogens (tertiary/aromatic N) is 3. The molecule has 102 valence electrons. The summed E-state index contributed by atoms with van der Waals surface area (Å²) in [5.74, 6) is 0.705. The van der Waals surface area contributed by atoms with Gasteiger partial charge in [0.2, 0.25) is 0 Å².